The number of hydrogen-bond donors (Lipinski definition) is 1. The van der Waals surface area contributed by atoms with Crippen molar-refractivity contribution >= 4 is 56.2 Å². The van der Waals surface area contributed by atoms with E-state index in [1.165, 1.54) is 18.2 Å². The van der Waals surface area contributed by atoms with E-state index in [9.17, 15) is 13.2 Å². The van der Waals surface area contributed by atoms with Crippen LogP contribution in [-0.2, 0) is 21.2 Å². The maximum Gasteiger partial charge on any atom is 0.238 e. The van der Waals surface area contributed by atoms with Crippen molar-refractivity contribution in [2.45, 2.75) is 11.4 Å². The number of rotatable bonds is 6. The molecule has 0 aliphatic heterocycles. The standard InChI is InChI=1S/C17H17Cl3N2O3S/c1-22(9-11-3-5-13(18)15(20)7-11)10-17(23)21-16-8-12(26(2,24)25)4-6-14(16)19/h3-8H,9-10H2,1-2H3,(H,21,23). The van der Waals surface area contributed by atoms with Gasteiger partial charge in [-0.25, -0.2) is 8.42 Å². The van der Waals surface area contributed by atoms with Crippen LogP contribution in [0.1, 0.15) is 5.56 Å². The van der Waals surface area contributed by atoms with Gasteiger partial charge in [0.1, 0.15) is 0 Å². The van der Waals surface area contributed by atoms with Gasteiger partial charge >= 0.3 is 0 Å². The molecule has 2 aromatic carbocycles. The van der Waals surface area contributed by atoms with Crippen LogP contribution in [0, 0.1) is 0 Å². The van der Waals surface area contributed by atoms with Crippen LogP contribution in [0.25, 0.3) is 0 Å². The first-order valence-corrected chi connectivity index (χ1v) is 10.5. The molecule has 0 unspecified atom stereocenters. The van der Waals surface area contributed by atoms with Crippen LogP contribution in [0.4, 0.5) is 5.69 Å². The van der Waals surface area contributed by atoms with Gasteiger partial charge in [0.05, 0.1) is 32.2 Å². The van der Waals surface area contributed by atoms with Crippen molar-refractivity contribution in [1.29, 1.82) is 0 Å². The summed E-state index contributed by atoms with van der Waals surface area (Å²) < 4.78 is 23.3. The molecular formula is C17H17Cl3N2O3S. The van der Waals surface area contributed by atoms with Crippen LogP contribution in [0.15, 0.2) is 41.3 Å². The molecule has 0 aliphatic carbocycles. The SMILES string of the molecule is CN(CC(=O)Nc1cc(S(C)(=O)=O)ccc1Cl)Cc1ccc(Cl)c(Cl)c1. The maximum absolute atomic E-state index is 12.2. The average molecular weight is 436 g/mol. The first kappa shape index (κ1) is 21.0. The molecular weight excluding hydrogens is 419 g/mol. The molecule has 0 bridgehead atoms. The Morgan fingerprint density at radius 2 is 1.69 bits per heavy atom. The summed E-state index contributed by atoms with van der Waals surface area (Å²) >= 11 is 17.9. The maximum atomic E-state index is 12.2. The van der Waals surface area contributed by atoms with Gasteiger partial charge in [-0.05, 0) is 42.9 Å². The predicted octanol–water partition coefficient (Wildman–Crippen LogP) is 4.12. The molecule has 0 spiro atoms. The Balaban J connectivity index is 2.03. The van der Waals surface area contributed by atoms with Gasteiger partial charge in [-0.2, -0.15) is 0 Å². The van der Waals surface area contributed by atoms with E-state index in [0.717, 1.165) is 11.8 Å². The molecule has 1 amide bonds. The van der Waals surface area contributed by atoms with Crippen molar-refractivity contribution in [2.24, 2.45) is 0 Å². The number of nitrogens with one attached hydrogen (secondary N) is 1. The molecule has 0 heterocycles. The van der Waals surface area contributed by atoms with E-state index < -0.39 is 9.84 Å². The van der Waals surface area contributed by atoms with Crippen LogP contribution >= 0.6 is 34.8 Å². The molecule has 2 rings (SSSR count). The third-order valence-corrected chi connectivity index (χ3v) is 5.67. The monoisotopic (exact) mass is 434 g/mol. The third-order valence-electron chi connectivity index (χ3n) is 3.49. The average Bonchev–Trinajstić information content (AvgIpc) is 2.51. The lowest BCUT2D eigenvalue weighted by molar-refractivity contribution is -0.117. The summed E-state index contributed by atoms with van der Waals surface area (Å²) in [4.78, 5) is 14.1. The molecule has 0 atom stereocenters. The summed E-state index contributed by atoms with van der Waals surface area (Å²) in [6.07, 6.45) is 1.09. The van der Waals surface area contributed by atoms with Gasteiger partial charge in [0.15, 0.2) is 9.84 Å². The highest BCUT2D eigenvalue weighted by Crippen LogP contribution is 2.25. The fourth-order valence-electron chi connectivity index (χ4n) is 2.27. The molecule has 5 nitrogen and oxygen atoms in total. The van der Waals surface area contributed by atoms with Crippen molar-refractivity contribution in [1.82, 2.24) is 4.90 Å². The van der Waals surface area contributed by atoms with Gasteiger partial charge in [0.25, 0.3) is 0 Å². The number of likely N-dealkylation sites (N-methyl/N-ethyl adjacent to an activating group) is 1. The highest BCUT2D eigenvalue weighted by atomic mass is 35.5. The molecule has 0 fully saturated rings. The zero-order valence-corrected chi connectivity index (χ0v) is 17.2. The fraction of sp³-hybridized carbons (Fsp3) is 0.235. The van der Waals surface area contributed by atoms with Gasteiger partial charge < -0.3 is 5.32 Å². The summed E-state index contributed by atoms with van der Waals surface area (Å²) in [5.74, 6) is -0.319. The van der Waals surface area contributed by atoms with Crippen LogP contribution in [0.2, 0.25) is 15.1 Å². The Hall–Kier alpha value is -1.31. The first-order chi connectivity index (χ1) is 12.1. The highest BCUT2D eigenvalue weighted by Gasteiger charge is 2.14. The Labute approximate surface area is 167 Å². The van der Waals surface area contributed by atoms with Crippen LogP contribution in [0.5, 0.6) is 0 Å². The van der Waals surface area contributed by atoms with Crippen LogP contribution in [-0.4, -0.2) is 39.1 Å². The number of sulfone groups is 1. The van der Waals surface area contributed by atoms with Crippen LogP contribution in [0.3, 0.4) is 0 Å². The van der Waals surface area contributed by atoms with Gasteiger partial charge in [-0.1, -0.05) is 40.9 Å². The second-order valence-electron chi connectivity index (χ2n) is 5.88. The van der Waals surface area contributed by atoms with Gasteiger partial charge in [-0.15, -0.1) is 0 Å². The zero-order chi connectivity index (χ0) is 19.5. The van der Waals surface area contributed by atoms with Crippen molar-refractivity contribution < 1.29 is 13.2 Å². The smallest absolute Gasteiger partial charge is 0.238 e. The summed E-state index contributed by atoms with van der Waals surface area (Å²) in [7, 11) is -1.62. The number of carbonyl (C=O) groups excluding carboxylic acids is 1. The van der Waals surface area contributed by atoms with Gasteiger partial charge in [0, 0.05) is 12.8 Å². The van der Waals surface area contributed by atoms with Crippen LogP contribution < -0.4 is 5.32 Å². The fourth-order valence-corrected chi connectivity index (χ4v) is 3.40. The number of amides is 1. The molecule has 0 saturated heterocycles. The van der Waals surface area contributed by atoms with Crippen molar-refractivity contribution in [2.75, 3.05) is 25.2 Å². The van der Waals surface area contributed by atoms with Crippen molar-refractivity contribution in [3.63, 3.8) is 0 Å². The highest BCUT2D eigenvalue weighted by molar-refractivity contribution is 7.90. The van der Waals surface area contributed by atoms with Gasteiger partial charge in [-0.3, -0.25) is 9.69 Å². The summed E-state index contributed by atoms with van der Waals surface area (Å²) in [5.41, 5.74) is 1.16. The zero-order valence-electron chi connectivity index (χ0n) is 14.1. The number of anilines is 1. The summed E-state index contributed by atoms with van der Waals surface area (Å²) in [6, 6.07) is 9.44. The minimum absolute atomic E-state index is 0.0830. The topological polar surface area (TPSA) is 66.5 Å². The number of nitrogens with zero attached hydrogens (tertiary/aromatic N) is 1. The molecule has 0 aliphatic rings. The molecule has 140 valence electrons. The predicted molar refractivity (Wildman–Crippen MR) is 106 cm³/mol. The molecule has 2 aromatic rings. The van der Waals surface area contributed by atoms with E-state index in [1.54, 1.807) is 24.1 Å². The minimum atomic E-state index is -3.39. The second-order valence-corrected chi connectivity index (χ2v) is 9.12. The third kappa shape index (κ3) is 5.86. The number of halogens is 3. The lowest BCUT2D eigenvalue weighted by Gasteiger charge is -2.17. The molecule has 0 saturated carbocycles. The molecule has 9 heteroatoms. The Kier molecular flexibility index (Phi) is 6.93. The number of benzene rings is 2. The molecule has 1 N–H and O–H groups in total. The van der Waals surface area contributed by atoms with E-state index in [-0.39, 0.29) is 28.1 Å². The van der Waals surface area contributed by atoms with Crippen molar-refractivity contribution in [3.8, 4) is 0 Å². The second kappa shape index (κ2) is 8.59. The Morgan fingerprint density at radius 1 is 1.04 bits per heavy atom. The summed E-state index contributed by atoms with van der Waals surface area (Å²) in [5, 5.41) is 3.82. The first-order valence-electron chi connectivity index (χ1n) is 7.48. The molecule has 26 heavy (non-hydrogen) atoms. The molecule has 0 radical (unpaired) electrons. The quantitative estimate of drug-likeness (QED) is 0.741. The van der Waals surface area contributed by atoms with E-state index >= 15 is 0 Å². The summed E-state index contributed by atoms with van der Waals surface area (Å²) in [6.45, 7) is 0.571. The Bertz CT molecular complexity index is 933. The minimum Gasteiger partial charge on any atom is -0.324 e. The largest absolute Gasteiger partial charge is 0.324 e. The lowest BCUT2D eigenvalue weighted by Crippen LogP contribution is -2.30. The normalized spacial score (nSPS) is 11.6. The number of hydrogen-bond acceptors (Lipinski definition) is 4. The molecule has 0 aromatic heterocycles. The van der Waals surface area contributed by atoms with E-state index in [4.69, 9.17) is 34.8 Å². The number of carbonyl (C=O) groups is 1. The van der Waals surface area contributed by atoms with Gasteiger partial charge in [0.2, 0.25) is 5.91 Å². The Morgan fingerprint density at radius 3 is 2.31 bits per heavy atom. The van der Waals surface area contributed by atoms with E-state index in [2.05, 4.69) is 5.32 Å². The van der Waals surface area contributed by atoms with E-state index in [0.29, 0.717) is 16.6 Å². The van der Waals surface area contributed by atoms with Crippen molar-refractivity contribution in [3.05, 3.63) is 57.0 Å². The lowest BCUT2D eigenvalue weighted by atomic mass is 10.2. The van der Waals surface area contributed by atoms with E-state index in [1.807, 2.05) is 6.07 Å².